The molecule has 3 N–H and O–H groups in total. The zero-order chi connectivity index (χ0) is 10.9. The van der Waals surface area contributed by atoms with E-state index in [0.717, 1.165) is 25.2 Å². The summed E-state index contributed by atoms with van der Waals surface area (Å²) in [6.07, 6.45) is 3.02. The minimum atomic E-state index is -2.06. The zero-order valence-electron chi connectivity index (χ0n) is 7.47. The number of carbonyl (C=O) groups excluding carboxylic acids is 1. The van der Waals surface area contributed by atoms with Gasteiger partial charge in [0.15, 0.2) is 11.4 Å². The largest absolute Gasteiger partial charge is 0.508 e. The van der Waals surface area contributed by atoms with Gasteiger partial charge >= 0.3 is 5.97 Å². The Morgan fingerprint density at radius 2 is 2.07 bits per heavy atom. The summed E-state index contributed by atoms with van der Waals surface area (Å²) in [5.41, 5.74) is -2.06. The summed E-state index contributed by atoms with van der Waals surface area (Å²) >= 11 is 0. The van der Waals surface area contributed by atoms with Crippen molar-refractivity contribution in [2.75, 3.05) is 0 Å². The molecule has 0 aromatic carbocycles. The third-order valence-corrected chi connectivity index (χ3v) is 2.15. The lowest BCUT2D eigenvalue weighted by Crippen LogP contribution is -2.47. The fourth-order valence-corrected chi connectivity index (χ4v) is 1.27. The second-order valence-corrected chi connectivity index (χ2v) is 3.12. The maximum absolute atomic E-state index is 11.1. The van der Waals surface area contributed by atoms with E-state index < -0.39 is 23.3 Å². The Hall–Kier alpha value is -1.62. The molecule has 0 radical (unpaired) electrons. The molecule has 0 aliphatic heterocycles. The highest BCUT2D eigenvalue weighted by Crippen LogP contribution is 2.27. The Morgan fingerprint density at radius 3 is 2.50 bits per heavy atom. The number of aliphatic hydroxyl groups excluding tert-OH is 1. The first-order valence-electron chi connectivity index (χ1n) is 3.94. The van der Waals surface area contributed by atoms with Gasteiger partial charge in [0, 0.05) is 0 Å². The van der Waals surface area contributed by atoms with E-state index in [0.29, 0.717) is 0 Å². The molecule has 0 aromatic heterocycles. The Balaban J connectivity index is 3.15. The van der Waals surface area contributed by atoms with Crippen molar-refractivity contribution < 1.29 is 24.9 Å². The van der Waals surface area contributed by atoms with Crippen LogP contribution < -0.4 is 0 Å². The fourth-order valence-electron chi connectivity index (χ4n) is 1.27. The Morgan fingerprint density at radius 1 is 1.50 bits per heavy atom. The lowest BCUT2D eigenvalue weighted by Gasteiger charge is -2.28. The number of hydrogen-bond acceptors (Lipinski definition) is 4. The van der Waals surface area contributed by atoms with Crippen molar-refractivity contribution in [3.8, 4) is 0 Å². The van der Waals surface area contributed by atoms with Crippen LogP contribution in [0.5, 0.6) is 0 Å². The van der Waals surface area contributed by atoms with E-state index in [4.69, 9.17) is 10.2 Å². The third kappa shape index (κ3) is 1.54. The Kier molecular flexibility index (Phi) is 2.44. The van der Waals surface area contributed by atoms with Crippen LogP contribution in [-0.4, -0.2) is 32.7 Å². The van der Waals surface area contributed by atoms with Crippen LogP contribution in [0.2, 0.25) is 0 Å². The predicted octanol–water partition coefficient (Wildman–Crippen LogP) is 0.0190. The lowest BCUT2D eigenvalue weighted by atomic mass is 9.80. The van der Waals surface area contributed by atoms with Crippen LogP contribution in [0.15, 0.2) is 24.0 Å². The van der Waals surface area contributed by atoms with Crippen molar-refractivity contribution in [2.24, 2.45) is 5.92 Å². The van der Waals surface area contributed by atoms with E-state index in [1.807, 2.05) is 0 Å². The van der Waals surface area contributed by atoms with E-state index in [1.54, 1.807) is 0 Å². The number of rotatable bonds is 2. The van der Waals surface area contributed by atoms with Crippen LogP contribution in [0.4, 0.5) is 0 Å². The average molecular weight is 198 g/mol. The van der Waals surface area contributed by atoms with E-state index >= 15 is 0 Å². The minimum Gasteiger partial charge on any atom is -0.508 e. The number of aliphatic carboxylic acids is 1. The highest BCUT2D eigenvalue weighted by atomic mass is 16.4. The maximum atomic E-state index is 11.1. The van der Waals surface area contributed by atoms with Gasteiger partial charge in [-0.05, 0) is 25.2 Å². The molecular weight excluding hydrogens is 188 g/mol. The molecule has 0 fully saturated rings. The number of allylic oxidation sites excluding steroid dienone is 1. The van der Waals surface area contributed by atoms with Crippen LogP contribution >= 0.6 is 0 Å². The van der Waals surface area contributed by atoms with Crippen LogP contribution in [0.1, 0.15) is 6.92 Å². The van der Waals surface area contributed by atoms with Crippen LogP contribution in [0.25, 0.3) is 0 Å². The average Bonchev–Trinajstić information content (AvgIpc) is 2.08. The SMILES string of the molecule is CC(=O)C1(O)C=CC(O)=CC1C(=O)O. The second-order valence-electron chi connectivity index (χ2n) is 3.12. The summed E-state index contributed by atoms with van der Waals surface area (Å²) in [5, 5.41) is 27.5. The minimum absolute atomic E-state index is 0.275. The van der Waals surface area contributed by atoms with E-state index in [1.165, 1.54) is 0 Å². The maximum Gasteiger partial charge on any atom is 0.314 e. The summed E-state index contributed by atoms with van der Waals surface area (Å²) in [4.78, 5) is 21.8. The van der Waals surface area contributed by atoms with Gasteiger partial charge < -0.3 is 15.3 Å². The number of carboxylic acids is 1. The third-order valence-electron chi connectivity index (χ3n) is 2.15. The van der Waals surface area contributed by atoms with Gasteiger partial charge in [0.2, 0.25) is 0 Å². The zero-order valence-corrected chi connectivity index (χ0v) is 7.47. The van der Waals surface area contributed by atoms with Crippen LogP contribution in [0, 0.1) is 5.92 Å². The van der Waals surface area contributed by atoms with Gasteiger partial charge in [0.05, 0.1) is 0 Å². The molecule has 2 atom stereocenters. The molecule has 1 aliphatic carbocycles. The molecule has 0 amide bonds. The van der Waals surface area contributed by atoms with Crippen molar-refractivity contribution in [2.45, 2.75) is 12.5 Å². The van der Waals surface area contributed by atoms with Gasteiger partial charge in [-0.2, -0.15) is 0 Å². The van der Waals surface area contributed by atoms with Crippen molar-refractivity contribution in [3.63, 3.8) is 0 Å². The van der Waals surface area contributed by atoms with E-state index in [9.17, 15) is 14.7 Å². The highest BCUT2D eigenvalue weighted by Gasteiger charge is 2.44. The molecule has 0 saturated carbocycles. The molecule has 5 heteroatoms. The molecule has 1 aliphatic rings. The first-order valence-corrected chi connectivity index (χ1v) is 3.94. The van der Waals surface area contributed by atoms with Crippen LogP contribution in [-0.2, 0) is 9.59 Å². The number of carbonyl (C=O) groups is 2. The van der Waals surface area contributed by atoms with Gasteiger partial charge in [-0.3, -0.25) is 9.59 Å². The number of carboxylic acid groups (broad SMARTS) is 1. The standard InChI is InChI=1S/C9H10O5/c1-5(10)9(14)3-2-6(11)4-7(9)8(12)13/h2-4,7,11,14H,1H3,(H,12,13). The van der Waals surface area contributed by atoms with Gasteiger partial charge in [0.25, 0.3) is 0 Å². The van der Waals surface area contributed by atoms with Crippen molar-refractivity contribution in [3.05, 3.63) is 24.0 Å². The Labute approximate surface area is 80.0 Å². The molecule has 5 nitrogen and oxygen atoms in total. The molecule has 76 valence electrons. The summed E-state index contributed by atoms with van der Waals surface area (Å²) in [6.45, 7) is 1.09. The first kappa shape index (κ1) is 10.5. The molecule has 0 spiro atoms. The molecule has 0 saturated heterocycles. The number of hydrogen-bond donors (Lipinski definition) is 3. The molecule has 0 bridgehead atoms. The van der Waals surface area contributed by atoms with Gasteiger partial charge in [-0.1, -0.05) is 0 Å². The predicted molar refractivity (Wildman–Crippen MR) is 46.6 cm³/mol. The molecular formula is C9H10O5. The van der Waals surface area contributed by atoms with Crippen molar-refractivity contribution in [1.82, 2.24) is 0 Å². The Bertz CT molecular complexity index is 341. The summed E-state index contributed by atoms with van der Waals surface area (Å²) in [7, 11) is 0. The quantitative estimate of drug-likeness (QED) is 0.581. The highest BCUT2D eigenvalue weighted by molar-refractivity contribution is 5.94. The van der Waals surface area contributed by atoms with E-state index in [2.05, 4.69) is 0 Å². The normalized spacial score (nSPS) is 31.0. The number of ketones is 1. The summed E-state index contributed by atoms with van der Waals surface area (Å²) in [6, 6.07) is 0. The number of Topliss-reactive ketones (excluding diaryl/α,β-unsaturated/α-hetero) is 1. The molecule has 0 heterocycles. The van der Waals surface area contributed by atoms with E-state index in [-0.39, 0.29) is 5.76 Å². The molecule has 1 rings (SSSR count). The van der Waals surface area contributed by atoms with Gasteiger partial charge in [-0.25, -0.2) is 0 Å². The van der Waals surface area contributed by atoms with Gasteiger partial charge in [-0.15, -0.1) is 0 Å². The molecule has 14 heavy (non-hydrogen) atoms. The summed E-state index contributed by atoms with van der Waals surface area (Å²) in [5.74, 6) is -3.75. The molecule has 0 aromatic rings. The number of aliphatic hydroxyl groups is 2. The molecule has 2 unspecified atom stereocenters. The second kappa shape index (κ2) is 3.26. The lowest BCUT2D eigenvalue weighted by molar-refractivity contribution is -0.152. The van der Waals surface area contributed by atoms with Crippen molar-refractivity contribution >= 4 is 11.8 Å². The topological polar surface area (TPSA) is 94.8 Å². The van der Waals surface area contributed by atoms with Gasteiger partial charge in [0.1, 0.15) is 11.7 Å². The van der Waals surface area contributed by atoms with Crippen LogP contribution in [0.3, 0.4) is 0 Å². The first-order chi connectivity index (χ1) is 6.38. The smallest absolute Gasteiger partial charge is 0.314 e. The fraction of sp³-hybridized carbons (Fsp3) is 0.333. The van der Waals surface area contributed by atoms with Crippen molar-refractivity contribution in [1.29, 1.82) is 0 Å². The monoisotopic (exact) mass is 198 g/mol. The summed E-state index contributed by atoms with van der Waals surface area (Å²) < 4.78 is 0.